The summed E-state index contributed by atoms with van der Waals surface area (Å²) in [5.41, 5.74) is 7.73. The molecule has 1 unspecified atom stereocenters. The number of aryl methyl sites for hydroxylation is 2. The maximum atomic E-state index is 9.04. The van der Waals surface area contributed by atoms with Gasteiger partial charge in [-0.25, -0.2) is 4.98 Å². The van der Waals surface area contributed by atoms with E-state index in [-0.39, 0.29) is 6.61 Å². The van der Waals surface area contributed by atoms with E-state index in [2.05, 4.69) is 24.0 Å². The zero-order valence-corrected chi connectivity index (χ0v) is 11.7. The molecule has 0 amide bonds. The predicted octanol–water partition coefficient (Wildman–Crippen LogP) is 2.28. The highest BCUT2D eigenvalue weighted by Gasteiger charge is 2.15. The molecule has 0 aliphatic carbocycles. The van der Waals surface area contributed by atoms with Crippen molar-refractivity contribution in [3.8, 4) is 0 Å². The van der Waals surface area contributed by atoms with Crippen molar-refractivity contribution in [2.75, 3.05) is 12.4 Å². The van der Waals surface area contributed by atoms with Crippen molar-refractivity contribution >= 4 is 11.8 Å². The number of aromatic nitrogens is 1. The van der Waals surface area contributed by atoms with Crippen LogP contribution in [0, 0.1) is 13.8 Å². The van der Waals surface area contributed by atoms with E-state index in [0.717, 1.165) is 29.3 Å². The number of nitrogens with zero attached hydrogens (tertiary/aromatic N) is 1. The zero-order chi connectivity index (χ0) is 12.9. The van der Waals surface area contributed by atoms with Crippen molar-refractivity contribution in [3.63, 3.8) is 0 Å². The van der Waals surface area contributed by atoms with Gasteiger partial charge in [0.25, 0.3) is 0 Å². The molecule has 0 saturated heterocycles. The van der Waals surface area contributed by atoms with E-state index in [1.54, 1.807) is 11.8 Å². The number of thioether (sulfide) groups is 1. The summed E-state index contributed by atoms with van der Waals surface area (Å²) >= 11 is 1.75. The van der Waals surface area contributed by atoms with Crippen molar-refractivity contribution in [1.82, 2.24) is 4.98 Å². The summed E-state index contributed by atoms with van der Waals surface area (Å²) in [6, 6.07) is 4.18. The van der Waals surface area contributed by atoms with Gasteiger partial charge in [0.15, 0.2) is 0 Å². The Morgan fingerprint density at radius 3 is 2.71 bits per heavy atom. The third kappa shape index (κ3) is 5.52. The molecule has 0 spiro atoms. The Hall–Kier alpha value is -0.580. The Morgan fingerprint density at radius 2 is 2.12 bits per heavy atom. The van der Waals surface area contributed by atoms with E-state index in [9.17, 15) is 0 Å². The van der Waals surface area contributed by atoms with Crippen LogP contribution in [0.2, 0.25) is 0 Å². The van der Waals surface area contributed by atoms with Crippen LogP contribution in [0.3, 0.4) is 0 Å². The largest absolute Gasteiger partial charge is 0.394 e. The molecule has 3 nitrogen and oxygen atoms in total. The van der Waals surface area contributed by atoms with Crippen molar-refractivity contribution < 1.29 is 5.11 Å². The van der Waals surface area contributed by atoms with Gasteiger partial charge in [-0.2, -0.15) is 0 Å². The highest BCUT2D eigenvalue weighted by atomic mass is 32.2. The third-order valence-corrected chi connectivity index (χ3v) is 3.58. The second-order valence-corrected chi connectivity index (χ2v) is 6.00. The molecule has 0 fully saturated rings. The van der Waals surface area contributed by atoms with Crippen molar-refractivity contribution in [1.29, 1.82) is 0 Å². The number of pyridine rings is 1. The lowest BCUT2D eigenvalue weighted by Crippen LogP contribution is -2.40. The quantitative estimate of drug-likeness (QED) is 0.604. The zero-order valence-electron chi connectivity index (χ0n) is 10.9. The van der Waals surface area contributed by atoms with Crippen molar-refractivity contribution in [2.45, 2.75) is 44.2 Å². The highest BCUT2D eigenvalue weighted by Crippen LogP contribution is 2.20. The average molecular weight is 254 g/mol. The van der Waals surface area contributed by atoms with E-state index in [1.807, 2.05) is 13.8 Å². The average Bonchev–Trinajstić information content (AvgIpc) is 2.23. The molecule has 17 heavy (non-hydrogen) atoms. The summed E-state index contributed by atoms with van der Waals surface area (Å²) < 4.78 is 0. The number of rotatable bonds is 6. The third-order valence-electron chi connectivity index (χ3n) is 2.58. The maximum absolute atomic E-state index is 9.04. The van der Waals surface area contributed by atoms with Crippen LogP contribution in [-0.4, -0.2) is 28.0 Å². The number of aliphatic hydroxyl groups excluding tert-OH is 1. The standard InChI is InChI=1S/C13H22N2OS/c1-10-7-11(2)15-12(8-10)17-6-4-5-13(3,14)9-16/h7-8,16H,4-6,9,14H2,1-3H3. The van der Waals surface area contributed by atoms with Crippen LogP contribution < -0.4 is 5.73 Å². The molecule has 0 aliphatic rings. The number of hydrogen-bond acceptors (Lipinski definition) is 4. The molecule has 96 valence electrons. The summed E-state index contributed by atoms with van der Waals surface area (Å²) in [7, 11) is 0. The molecule has 1 aromatic heterocycles. The minimum atomic E-state index is -0.448. The molecule has 1 heterocycles. The van der Waals surface area contributed by atoms with Gasteiger partial charge in [-0.1, -0.05) is 0 Å². The van der Waals surface area contributed by atoms with E-state index in [1.165, 1.54) is 5.56 Å². The Bertz CT molecular complexity index is 346. The van der Waals surface area contributed by atoms with Gasteiger partial charge in [0, 0.05) is 11.2 Å². The van der Waals surface area contributed by atoms with Gasteiger partial charge in [-0.15, -0.1) is 11.8 Å². The second kappa shape index (κ2) is 6.38. The Labute approximate surface area is 108 Å². The van der Waals surface area contributed by atoms with Crippen LogP contribution in [0.4, 0.5) is 0 Å². The SMILES string of the molecule is Cc1cc(C)nc(SCCCC(C)(N)CO)c1. The molecule has 0 aliphatic heterocycles. The fourth-order valence-electron chi connectivity index (χ4n) is 1.61. The van der Waals surface area contributed by atoms with Crippen molar-refractivity contribution in [3.05, 3.63) is 23.4 Å². The van der Waals surface area contributed by atoms with Gasteiger partial charge in [0.2, 0.25) is 0 Å². The highest BCUT2D eigenvalue weighted by molar-refractivity contribution is 7.99. The fraction of sp³-hybridized carbons (Fsp3) is 0.615. The normalized spacial score (nSPS) is 14.6. The molecule has 0 radical (unpaired) electrons. The van der Waals surface area contributed by atoms with Crippen LogP contribution in [0.1, 0.15) is 31.0 Å². The monoisotopic (exact) mass is 254 g/mol. The first-order chi connectivity index (χ1) is 7.93. The maximum Gasteiger partial charge on any atom is 0.0965 e. The van der Waals surface area contributed by atoms with Gasteiger partial charge in [0.05, 0.1) is 11.6 Å². The molecular formula is C13H22N2OS. The van der Waals surface area contributed by atoms with Crippen LogP contribution in [0.25, 0.3) is 0 Å². The molecule has 4 heteroatoms. The lowest BCUT2D eigenvalue weighted by atomic mass is 9.99. The molecule has 1 aromatic rings. The molecule has 0 bridgehead atoms. The van der Waals surface area contributed by atoms with E-state index < -0.39 is 5.54 Å². The minimum Gasteiger partial charge on any atom is -0.394 e. The summed E-state index contributed by atoms with van der Waals surface area (Å²) in [4.78, 5) is 4.47. The van der Waals surface area contributed by atoms with Gasteiger partial charge in [-0.3, -0.25) is 0 Å². The minimum absolute atomic E-state index is 0.0411. The first kappa shape index (κ1) is 14.5. The van der Waals surface area contributed by atoms with Gasteiger partial charge < -0.3 is 10.8 Å². The first-order valence-corrected chi connectivity index (χ1v) is 6.89. The number of hydrogen-bond donors (Lipinski definition) is 2. The number of nitrogens with two attached hydrogens (primary N) is 1. The Morgan fingerprint density at radius 1 is 1.41 bits per heavy atom. The van der Waals surface area contributed by atoms with Crippen LogP contribution in [0.15, 0.2) is 17.2 Å². The van der Waals surface area contributed by atoms with E-state index in [4.69, 9.17) is 10.8 Å². The summed E-state index contributed by atoms with van der Waals surface area (Å²) in [6.07, 6.45) is 1.83. The van der Waals surface area contributed by atoms with E-state index >= 15 is 0 Å². The summed E-state index contributed by atoms with van der Waals surface area (Å²) in [5.74, 6) is 0.989. The molecule has 0 aromatic carbocycles. The van der Waals surface area contributed by atoms with Crippen LogP contribution >= 0.6 is 11.8 Å². The molecule has 1 atom stereocenters. The second-order valence-electron chi connectivity index (χ2n) is 4.89. The predicted molar refractivity (Wildman–Crippen MR) is 73.3 cm³/mol. The molecule has 0 saturated carbocycles. The topological polar surface area (TPSA) is 59.1 Å². The Kier molecular flexibility index (Phi) is 5.43. The van der Waals surface area contributed by atoms with Gasteiger partial charge >= 0.3 is 0 Å². The lowest BCUT2D eigenvalue weighted by molar-refractivity contribution is 0.200. The van der Waals surface area contributed by atoms with Crippen LogP contribution in [0.5, 0.6) is 0 Å². The summed E-state index contributed by atoms with van der Waals surface area (Å²) in [5, 5.41) is 10.1. The molecule has 1 rings (SSSR count). The lowest BCUT2D eigenvalue weighted by Gasteiger charge is -2.20. The fourth-order valence-corrected chi connectivity index (χ4v) is 2.59. The van der Waals surface area contributed by atoms with E-state index in [0.29, 0.717) is 0 Å². The molecule has 3 N–H and O–H groups in total. The van der Waals surface area contributed by atoms with Gasteiger partial charge in [-0.05, 0) is 57.1 Å². The summed E-state index contributed by atoms with van der Waals surface area (Å²) in [6.45, 7) is 6.02. The first-order valence-electron chi connectivity index (χ1n) is 5.91. The van der Waals surface area contributed by atoms with Crippen LogP contribution in [-0.2, 0) is 0 Å². The van der Waals surface area contributed by atoms with Crippen molar-refractivity contribution in [2.24, 2.45) is 5.73 Å². The Balaban J connectivity index is 2.36. The number of aliphatic hydroxyl groups is 1. The van der Waals surface area contributed by atoms with Gasteiger partial charge in [0.1, 0.15) is 0 Å². The molecular weight excluding hydrogens is 232 g/mol. The smallest absolute Gasteiger partial charge is 0.0965 e.